The molecule has 4 aliphatic rings. The van der Waals surface area contributed by atoms with Crippen LogP contribution in [0.15, 0.2) is 22.7 Å². The highest BCUT2D eigenvalue weighted by Gasteiger charge is 2.54. The molecule has 140 valence electrons. The van der Waals surface area contributed by atoms with Crippen LogP contribution < -0.4 is 10.6 Å². The topological polar surface area (TPSA) is 58.2 Å². The summed E-state index contributed by atoms with van der Waals surface area (Å²) < 4.78 is 14.4. The molecule has 0 heterocycles. The van der Waals surface area contributed by atoms with Crippen LogP contribution in [0.1, 0.15) is 44.9 Å². The lowest BCUT2D eigenvalue weighted by Gasteiger charge is -2.55. The Labute approximate surface area is 161 Å². The molecule has 2 N–H and O–H groups in total. The second kappa shape index (κ2) is 6.95. The minimum Gasteiger partial charge on any atom is -0.355 e. The molecule has 0 saturated heterocycles. The molecule has 2 amide bonds. The van der Waals surface area contributed by atoms with Crippen molar-refractivity contribution in [3.8, 4) is 0 Å². The van der Waals surface area contributed by atoms with Crippen molar-refractivity contribution in [2.24, 2.45) is 23.2 Å². The van der Waals surface area contributed by atoms with Gasteiger partial charge < -0.3 is 10.6 Å². The third-order valence-corrected chi connectivity index (χ3v) is 6.86. The molecule has 6 heteroatoms. The molecular weight excluding hydrogens is 399 g/mol. The number of anilines is 1. The molecule has 0 spiro atoms. The maximum Gasteiger partial charge on any atom is 0.226 e. The van der Waals surface area contributed by atoms with E-state index in [4.69, 9.17) is 0 Å². The normalized spacial score (nSPS) is 31.7. The van der Waals surface area contributed by atoms with Gasteiger partial charge in [-0.1, -0.05) is 15.9 Å². The third-order valence-electron chi connectivity index (χ3n) is 6.36. The average molecular weight is 423 g/mol. The van der Waals surface area contributed by atoms with E-state index in [2.05, 4.69) is 26.6 Å². The Kier molecular flexibility index (Phi) is 4.80. The smallest absolute Gasteiger partial charge is 0.226 e. The summed E-state index contributed by atoms with van der Waals surface area (Å²) in [5, 5.41) is 5.54. The van der Waals surface area contributed by atoms with E-state index in [1.807, 2.05) is 0 Å². The summed E-state index contributed by atoms with van der Waals surface area (Å²) in [5.41, 5.74) is -0.0335. The minimum atomic E-state index is -0.481. The Morgan fingerprint density at radius 1 is 1.12 bits per heavy atom. The SMILES string of the molecule is O=C(CCNC(=O)C12CC3CC(CC(C3)C1)C2)Nc1ccc(Br)cc1F. The largest absolute Gasteiger partial charge is 0.355 e. The summed E-state index contributed by atoms with van der Waals surface area (Å²) in [5.74, 6) is 1.50. The molecule has 26 heavy (non-hydrogen) atoms. The van der Waals surface area contributed by atoms with E-state index in [9.17, 15) is 14.0 Å². The van der Waals surface area contributed by atoms with Crippen molar-refractivity contribution in [2.45, 2.75) is 44.9 Å². The fourth-order valence-corrected chi connectivity index (χ4v) is 6.00. The molecule has 4 saturated carbocycles. The number of halogens is 2. The Morgan fingerprint density at radius 3 is 2.31 bits per heavy atom. The number of nitrogens with one attached hydrogen (secondary N) is 2. The highest BCUT2D eigenvalue weighted by Crippen LogP contribution is 2.60. The molecular formula is C20H24BrFN2O2. The molecule has 0 aliphatic heterocycles. The quantitative estimate of drug-likeness (QED) is 0.744. The summed E-state index contributed by atoms with van der Waals surface area (Å²) in [6.45, 7) is 0.296. The van der Waals surface area contributed by atoms with E-state index in [-0.39, 0.29) is 29.3 Å². The van der Waals surface area contributed by atoms with Crippen LogP contribution in [0.3, 0.4) is 0 Å². The third kappa shape index (κ3) is 3.53. The zero-order valence-corrected chi connectivity index (χ0v) is 16.3. The van der Waals surface area contributed by atoms with Crippen LogP contribution in [0, 0.1) is 29.0 Å². The van der Waals surface area contributed by atoms with Gasteiger partial charge in [-0.15, -0.1) is 0 Å². The summed E-state index contributed by atoms with van der Waals surface area (Å²) >= 11 is 3.19. The number of carbonyl (C=O) groups excluding carboxylic acids is 2. The predicted octanol–water partition coefficient (Wildman–Crippen LogP) is 4.25. The zero-order valence-electron chi connectivity index (χ0n) is 14.7. The van der Waals surface area contributed by atoms with Crippen molar-refractivity contribution in [1.82, 2.24) is 5.32 Å². The van der Waals surface area contributed by atoms with E-state index in [0.29, 0.717) is 11.0 Å². The monoisotopic (exact) mass is 422 g/mol. The number of rotatable bonds is 5. The Morgan fingerprint density at radius 2 is 1.73 bits per heavy atom. The first-order chi connectivity index (χ1) is 12.4. The minimum absolute atomic E-state index is 0.124. The van der Waals surface area contributed by atoms with E-state index in [1.54, 1.807) is 6.07 Å². The van der Waals surface area contributed by atoms with Crippen molar-refractivity contribution >= 4 is 33.4 Å². The van der Waals surface area contributed by atoms with Gasteiger partial charge in [0.15, 0.2) is 0 Å². The maximum atomic E-state index is 13.8. The molecule has 0 radical (unpaired) electrons. The first-order valence-corrected chi connectivity index (χ1v) is 10.3. The summed E-state index contributed by atoms with van der Waals surface area (Å²) in [7, 11) is 0. The molecule has 4 fully saturated rings. The van der Waals surface area contributed by atoms with Crippen molar-refractivity contribution < 1.29 is 14.0 Å². The van der Waals surface area contributed by atoms with Gasteiger partial charge in [0.05, 0.1) is 5.69 Å². The van der Waals surface area contributed by atoms with E-state index >= 15 is 0 Å². The van der Waals surface area contributed by atoms with E-state index < -0.39 is 5.82 Å². The molecule has 4 aliphatic carbocycles. The molecule has 5 rings (SSSR count). The van der Waals surface area contributed by atoms with Crippen molar-refractivity contribution in [3.63, 3.8) is 0 Å². The number of amides is 2. The molecule has 0 atom stereocenters. The van der Waals surface area contributed by atoms with Crippen molar-refractivity contribution in [1.29, 1.82) is 0 Å². The fourth-order valence-electron chi connectivity index (χ4n) is 5.67. The van der Waals surface area contributed by atoms with Gasteiger partial charge in [0, 0.05) is 22.9 Å². The second-order valence-corrected chi connectivity index (χ2v) is 9.29. The van der Waals surface area contributed by atoms with Gasteiger partial charge in [-0.25, -0.2) is 4.39 Å². The number of carbonyl (C=O) groups is 2. The van der Waals surface area contributed by atoms with Gasteiger partial charge in [0.2, 0.25) is 11.8 Å². The van der Waals surface area contributed by atoms with Crippen molar-refractivity contribution in [2.75, 3.05) is 11.9 Å². The van der Waals surface area contributed by atoms with Crippen LogP contribution in [-0.4, -0.2) is 18.4 Å². The van der Waals surface area contributed by atoms with Crippen molar-refractivity contribution in [3.05, 3.63) is 28.5 Å². The number of hydrogen-bond acceptors (Lipinski definition) is 2. The zero-order chi connectivity index (χ0) is 18.3. The first kappa shape index (κ1) is 18.0. The van der Waals surface area contributed by atoms with Gasteiger partial charge in [-0.05, 0) is 74.5 Å². The highest BCUT2D eigenvalue weighted by molar-refractivity contribution is 9.10. The molecule has 4 nitrogen and oxygen atoms in total. The van der Waals surface area contributed by atoms with Gasteiger partial charge in [-0.3, -0.25) is 9.59 Å². The van der Waals surface area contributed by atoms with E-state index in [0.717, 1.165) is 37.0 Å². The van der Waals surface area contributed by atoms with Crippen LogP contribution in [0.5, 0.6) is 0 Å². The Hall–Kier alpha value is -1.43. The predicted molar refractivity (Wildman–Crippen MR) is 101 cm³/mol. The first-order valence-electron chi connectivity index (χ1n) is 9.47. The van der Waals surface area contributed by atoms with Crippen LogP contribution in [0.2, 0.25) is 0 Å². The fraction of sp³-hybridized carbons (Fsp3) is 0.600. The van der Waals surface area contributed by atoms with Crippen LogP contribution in [0.25, 0.3) is 0 Å². The summed E-state index contributed by atoms with van der Waals surface area (Å²) in [4.78, 5) is 24.9. The number of benzene rings is 1. The second-order valence-electron chi connectivity index (χ2n) is 8.38. The average Bonchev–Trinajstić information content (AvgIpc) is 2.56. The van der Waals surface area contributed by atoms with Gasteiger partial charge >= 0.3 is 0 Å². The van der Waals surface area contributed by atoms with Crippen LogP contribution in [-0.2, 0) is 9.59 Å². The Bertz CT molecular complexity index is 701. The molecule has 4 bridgehead atoms. The lowest BCUT2D eigenvalue weighted by atomic mass is 9.49. The maximum absolute atomic E-state index is 13.8. The summed E-state index contributed by atoms with van der Waals surface area (Å²) in [6, 6.07) is 4.50. The molecule has 1 aromatic carbocycles. The van der Waals surface area contributed by atoms with Crippen LogP contribution >= 0.6 is 15.9 Å². The number of hydrogen-bond donors (Lipinski definition) is 2. The molecule has 0 aromatic heterocycles. The highest BCUT2D eigenvalue weighted by atomic mass is 79.9. The lowest BCUT2D eigenvalue weighted by molar-refractivity contribution is -0.146. The summed E-state index contributed by atoms with van der Waals surface area (Å²) in [6.07, 6.45) is 7.09. The van der Waals surface area contributed by atoms with Crippen LogP contribution in [0.4, 0.5) is 10.1 Å². The lowest BCUT2D eigenvalue weighted by Crippen LogP contribution is -2.53. The van der Waals surface area contributed by atoms with E-state index in [1.165, 1.54) is 31.4 Å². The van der Waals surface area contributed by atoms with Gasteiger partial charge in [0.25, 0.3) is 0 Å². The molecule has 0 unspecified atom stereocenters. The molecule has 1 aromatic rings. The van der Waals surface area contributed by atoms with Gasteiger partial charge in [0.1, 0.15) is 5.82 Å². The standard InChI is InChI=1S/C20H24BrFN2O2/c21-15-1-2-17(16(22)8-15)24-18(25)3-4-23-19(26)20-9-12-5-13(10-20)7-14(6-12)11-20/h1-2,8,12-14H,3-7,9-11H2,(H,23,26)(H,24,25). The van der Waals surface area contributed by atoms with Gasteiger partial charge in [-0.2, -0.15) is 0 Å². The Balaban J connectivity index is 1.28.